The number of alkyl halides is 3. The molecule has 0 aliphatic carbocycles. The van der Waals surface area contributed by atoms with Crippen molar-refractivity contribution in [2.75, 3.05) is 11.3 Å². The second-order valence-electron chi connectivity index (χ2n) is 6.38. The Kier molecular flexibility index (Phi) is 7.31. The Bertz CT molecular complexity index is 851. The van der Waals surface area contributed by atoms with Crippen LogP contribution in [0.3, 0.4) is 0 Å². The van der Waals surface area contributed by atoms with Crippen molar-refractivity contribution >= 4 is 15.7 Å². The zero-order valence-corrected chi connectivity index (χ0v) is 16.4. The maximum absolute atomic E-state index is 12.4. The number of sulfonamides is 1. The predicted molar refractivity (Wildman–Crippen MR) is 102 cm³/mol. The Labute approximate surface area is 163 Å². The van der Waals surface area contributed by atoms with Crippen LogP contribution in [0.25, 0.3) is 0 Å². The molecule has 0 aliphatic heterocycles. The highest BCUT2D eigenvalue weighted by Crippen LogP contribution is 2.25. The Balaban J connectivity index is 2.01. The Hall–Kier alpha value is -2.26. The Morgan fingerprint density at radius 2 is 1.64 bits per heavy atom. The summed E-state index contributed by atoms with van der Waals surface area (Å²) in [6.45, 7) is 5.11. The quantitative estimate of drug-likeness (QED) is 0.639. The molecular formula is C19H23F3N2O3S. The number of benzene rings is 2. The fourth-order valence-corrected chi connectivity index (χ4v) is 3.62. The van der Waals surface area contributed by atoms with Crippen molar-refractivity contribution in [3.63, 3.8) is 0 Å². The minimum atomic E-state index is -4.83. The molecule has 2 rings (SSSR count). The minimum Gasteiger partial charge on any atom is -0.406 e. The number of ether oxygens (including phenoxy) is 1. The van der Waals surface area contributed by atoms with Gasteiger partial charge in [0.25, 0.3) is 10.0 Å². The molecule has 0 heterocycles. The molecule has 0 aromatic heterocycles. The average molecular weight is 416 g/mol. The van der Waals surface area contributed by atoms with Crippen LogP contribution in [-0.4, -0.2) is 27.4 Å². The van der Waals surface area contributed by atoms with E-state index in [9.17, 15) is 21.6 Å². The molecule has 2 N–H and O–H groups in total. The lowest BCUT2D eigenvalue weighted by Gasteiger charge is -2.14. The van der Waals surface area contributed by atoms with Gasteiger partial charge in [-0.1, -0.05) is 19.1 Å². The molecule has 0 saturated heterocycles. The van der Waals surface area contributed by atoms with E-state index < -0.39 is 22.1 Å². The van der Waals surface area contributed by atoms with E-state index in [4.69, 9.17) is 0 Å². The highest BCUT2D eigenvalue weighted by molar-refractivity contribution is 7.92. The summed E-state index contributed by atoms with van der Waals surface area (Å²) in [5.41, 5.74) is 1.43. The Morgan fingerprint density at radius 1 is 1.04 bits per heavy atom. The first-order chi connectivity index (χ1) is 13.1. The topological polar surface area (TPSA) is 67.4 Å². The Morgan fingerprint density at radius 3 is 2.18 bits per heavy atom. The van der Waals surface area contributed by atoms with Crippen molar-refractivity contribution in [2.45, 2.75) is 44.0 Å². The number of anilines is 1. The third kappa shape index (κ3) is 7.05. The van der Waals surface area contributed by atoms with E-state index in [1.54, 1.807) is 12.1 Å². The maximum Gasteiger partial charge on any atom is 0.573 e. The predicted octanol–water partition coefficient (Wildman–Crippen LogP) is 4.32. The van der Waals surface area contributed by atoms with Crippen LogP contribution < -0.4 is 14.8 Å². The van der Waals surface area contributed by atoms with Crippen LogP contribution in [0.5, 0.6) is 5.75 Å². The van der Waals surface area contributed by atoms with Crippen molar-refractivity contribution in [3.8, 4) is 5.75 Å². The van der Waals surface area contributed by atoms with Gasteiger partial charge in [-0.2, -0.15) is 0 Å². The van der Waals surface area contributed by atoms with Gasteiger partial charge in [0.15, 0.2) is 0 Å². The summed E-state index contributed by atoms with van der Waals surface area (Å²) >= 11 is 0. The highest BCUT2D eigenvalue weighted by atomic mass is 32.2. The molecule has 28 heavy (non-hydrogen) atoms. The summed E-state index contributed by atoms with van der Waals surface area (Å²) in [6, 6.07) is 11.3. The van der Waals surface area contributed by atoms with Crippen molar-refractivity contribution in [2.24, 2.45) is 0 Å². The van der Waals surface area contributed by atoms with Crippen LogP contribution in [0, 0.1) is 0 Å². The summed E-state index contributed by atoms with van der Waals surface area (Å²) in [7, 11) is -3.92. The number of halogens is 3. The third-order valence-corrected chi connectivity index (χ3v) is 5.26. The van der Waals surface area contributed by atoms with E-state index >= 15 is 0 Å². The lowest BCUT2D eigenvalue weighted by molar-refractivity contribution is -0.274. The zero-order valence-electron chi connectivity index (χ0n) is 15.6. The van der Waals surface area contributed by atoms with Crippen LogP contribution in [0.15, 0.2) is 53.4 Å². The van der Waals surface area contributed by atoms with Crippen LogP contribution in [0.2, 0.25) is 0 Å². The summed E-state index contributed by atoms with van der Waals surface area (Å²) in [5.74, 6) is -0.485. The largest absolute Gasteiger partial charge is 0.573 e. The maximum atomic E-state index is 12.4. The summed E-state index contributed by atoms with van der Waals surface area (Å²) in [5, 5.41) is 3.38. The molecule has 0 bridgehead atoms. The first kappa shape index (κ1) is 22.0. The summed E-state index contributed by atoms with van der Waals surface area (Å²) in [4.78, 5) is -0.163. The van der Waals surface area contributed by atoms with Gasteiger partial charge in [0.1, 0.15) is 5.75 Å². The smallest absolute Gasteiger partial charge is 0.406 e. The van der Waals surface area contributed by atoms with Gasteiger partial charge in [0.2, 0.25) is 0 Å². The van der Waals surface area contributed by atoms with Gasteiger partial charge in [-0.25, -0.2) is 8.42 Å². The molecular weight excluding hydrogens is 393 g/mol. The standard InChI is InChI=1S/C19H23F3N2O3S/c1-3-12-23-14(2)13-15-4-6-16(7-5-15)24-28(25,26)18-10-8-17(9-11-18)27-19(20,21)22/h4-11,14,23-24H,3,12-13H2,1-2H3. The first-order valence-electron chi connectivity index (χ1n) is 8.80. The molecule has 2 aromatic rings. The molecule has 2 aromatic carbocycles. The fourth-order valence-electron chi connectivity index (χ4n) is 2.56. The van der Waals surface area contributed by atoms with Crippen molar-refractivity contribution in [1.29, 1.82) is 0 Å². The van der Waals surface area contributed by atoms with Crippen LogP contribution in [0.4, 0.5) is 18.9 Å². The van der Waals surface area contributed by atoms with Gasteiger partial charge in [0, 0.05) is 11.7 Å². The van der Waals surface area contributed by atoms with Gasteiger partial charge in [-0.05, 0) is 68.3 Å². The minimum absolute atomic E-state index is 0.163. The summed E-state index contributed by atoms with van der Waals surface area (Å²) in [6.07, 6.45) is -2.97. The second kappa shape index (κ2) is 9.29. The van der Waals surface area contributed by atoms with E-state index in [1.807, 2.05) is 12.1 Å². The molecule has 154 valence electrons. The molecule has 0 amide bonds. The molecule has 1 atom stereocenters. The van der Waals surface area contributed by atoms with Crippen LogP contribution >= 0.6 is 0 Å². The fraction of sp³-hybridized carbons (Fsp3) is 0.368. The van der Waals surface area contributed by atoms with E-state index in [-0.39, 0.29) is 4.90 Å². The van der Waals surface area contributed by atoms with E-state index in [0.717, 1.165) is 49.2 Å². The molecule has 5 nitrogen and oxygen atoms in total. The molecule has 0 fully saturated rings. The van der Waals surface area contributed by atoms with Gasteiger partial charge >= 0.3 is 6.36 Å². The van der Waals surface area contributed by atoms with Crippen LogP contribution in [0.1, 0.15) is 25.8 Å². The number of hydrogen-bond acceptors (Lipinski definition) is 4. The number of hydrogen-bond donors (Lipinski definition) is 2. The first-order valence-corrected chi connectivity index (χ1v) is 10.3. The third-order valence-electron chi connectivity index (χ3n) is 3.86. The van der Waals surface area contributed by atoms with Gasteiger partial charge in [-0.3, -0.25) is 4.72 Å². The molecule has 1 unspecified atom stereocenters. The molecule has 0 spiro atoms. The normalized spacial score (nSPS) is 13.2. The van der Waals surface area contributed by atoms with Gasteiger partial charge in [-0.15, -0.1) is 13.2 Å². The monoisotopic (exact) mass is 416 g/mol. The SMILES string of the molecule is CCCNC(C)Cc1ccc(NS(=O)(=O)c2ccc(OC(F)(F)F)cc2)cc1. The van der Waals surface area contributed by atoms with Crippen molar-refractivity contribution in [1.82, 2.24) is 5.32 Å². The average Bonchev–Trinajstić information content (AvgIpc) is 2.60. The number of rotatable bonds is 9. The molecule has 0 aliphatic rings. The molecule has 0 saturated carbocycles. The lowest BCUT2D eigenvalue weighted by atomic mass is 10.1. The van der Waals surface area contributed by atoms with Crippen molar-refractivity contribution < 1.29 is 26.3 Å². The second-order valence-corrected chi connectivity index (χ2v) is 8.06. The molecule has 9 heteroatoms. The van der Waals surface area contributed by atoms with Gasteiger partial charge < -0.3 is 10.1 Å². The van der Waals surface area contributed by atoms with Crippen molar-refractivity contribution in [3.05, 3.63) is 54.1 Å². The van der Waals surface area contributed by atoms with E-state index in [0.29, 0.717) is 11.7 Å². The van der Waals surface area contributed by atoms with Gasteiger partial charge in [0.05, 0.1) is 4.90 Å². The zero-order chi connectivity index (χ0) is 20.8. The lowest BCUT2D eigenvalue weighted by Crippen LogP contribution is -2.28. The summed E-state index contributed by atoms with van der Waals surface area (Å²) < 4.78 is 67.5. The van der Waals surface area contributed by atoms with Crippen LogP contribution in [-0.2, 0) is 16.4 Å². The van der Waals surface area contributed by atoms with E-state index in [1.165, 1.54) is 0 Å². The number of nitrogens with one attached hydrogen (secondary N) is 2. The molecule has 0 radical (unpaired) electrons. The van der Waals surface area contributed by atoms with E-state index in [2.05, 4.69) is 28.6 Å². The highest BCUT2D eigenvalue weighted by Gasteiger charge is 2.31.